The van der Waals surface area contributed by atoms with Crippen molar-refractivity contribution in [3.63, 3.8) is 0 Å². The maximum atomic E-state index is 13.0. The van der Waals surface area contributed by atoms with E-state index in [-0.39, 0.29) is 5.91 Å². The molecule has 0 aliphatic heterocycles. The molecular formula is C30H26Cl2N8O. The number of aryl methyl sites for hydroxylation is 1. The van der Waals surface area contributed by atoms with E-state index in [2.05, 4.69) is 37.3 Å². The molecule has 0 aliphatic rings. The summed E-state index contributed by atoms with van der Waals surface area (Å²) < 4.78 is 3.69. The zero-order valence-electron chi connectivity index (χ0n) is 22.4. The molecule has 0 spiro atoms. The van der Waals surface area contributed by atoms with E-state index >= 15 is 0 Å². The Morgan fingerprint density at radius 3 is 2.56 bits per heavy atom. The third-order valence-corrected chi connectivity index (χ3v) is 7.65. The van der Waals surface area contributed by atoms with Gasteiger partial charge in [-0.3, -0.25) is 4.79 Å². The second-order valence-corrected chi connectivity index (χ2v) is 10.7. The normalized spacial score (nSPS) is 13.0. The molecule has 3 aromatic carbocycles. The molecule has 1 amide bonds. The average molecular weight is 585 g/mol. The van der Waals surface area contributed by atoms with Crippen molar-refractivity contribution in [2.24, 2.45) is 0 Å². The molecule has 41 heavy (non-hydrogen) atoms. The smallest absolute Gasteiger partial charge is 0.274 e. The standard InChI is InChI=1S/C30H26Cl2N8O/c1-3-4-14-39-18-33-17-27(39)30(35-19(2)41,21-8-11-23(31)12-9-21)22-10-13-26-25(16-22)28(20-6-5-7-24(32)15-20)34-29-36-37-38-40(26)29/h5-13,15-18H,3-4,14H2,1-2H3,(H,35,41). The van der Waals surface area contributed by atoms with Gasteiger partial charge < -0.3 is 9.88 Å². The zero-order chi connectivity index (χ0) is 28.6. The number of aromatic nitrogens is 7. The first kappa shape index (κ1) is 26.9. The predicted octanol–water partition coefficient (Wildman–Crippen LogP) is 6.07. The summed E-state index contributed by atoms with van der Waals surface area (Å²) in [7, 11) is 0. The summed E-state index contributed by atoms with van der Waals surface area (Å²) in [5.41, 5.74) is 3.59. The molecule has 3 aromatic heterocycles. The van der Waals surface area contributed by atoms with Crippen molar-refractivity contribution in [2.75, 3.05) is 0 Å². The van der Waals surface area contributed by atoms with E-state index in [9.17, 15) is 4.79 Å². The van der Waals surface area contributed by atoms with Crippen LogP contribution in [-0.4, -0.2) is 40.5 Å². The minimum atomic E-state index is -1.10. The number of tetrazole rings is 1. The number of rotatable bonds is 8. The van der Waals surface area contributed by atoms with Crippen LogP contribution in [0.4, 0.5) is 0 Å². The number of carbonyl (C=O) groups excluding carboxylic acids is 1. The van der Waals surface area contributed by atoms with Crippen LogP contribution in [0.5, 0.6) is 0 Å². The van der Waals surface area contributed by atoms with E-state index < -0.39 is 5.54 Å². The number of hydrogen-bond donors (Lipinski definition) is 1. The molecule has 0 saturated heterocycles. The van der Waals surface area contributed by atoms with E-state index in [1.54, 1.807) is 4.52 Å². The van der Waals surface area contributed by atoms with Crippen LogP contribution in [0.2, 0.25) is 10.0 Å². The Hall–Kier alpha value is -4.34. The number of nitrogens with one attached hydrogen (secondary N) is 1. The largest absolute Gasteiger partial charge is 0.337 e. The number of benzene rings is 3. The minimum absolute atomic E-state index is 0.201. The van der Waals surface area contributed by atoms with Crippen molar-refractivity contribution >= 4 is 45.8 Å². The molecule has 0 fully saturated rings. The fourth-order valence-electron chi connectivity index (χ4n) is 5.34. The van der Waals surface area contributed by atoms with Crippen LogP contribution in [0.15, 0.2) is 79.3 Å². The maximum Gasteiger partial charge on any atom is 0.274 e. The summed E-state index contributed by atoms with van der Waals surface area (Å²) in [4.78, 5) is 22.3. The van der Waals surface area contributed by atoms with Gasteiger partial charge in [-0.1, -0.05) is 72.0 Å². The molecule has 6 aromatic rings. The van der Waals surface area contributed by atoms with Crippen molar-refractivity contribution in [2.45, 2.75) is 38.8 Å². The first-order valence-electron chi connectivity index (χ1n) is 13.2. The van der Waals surface area contributed by atoms with Gasteiger partial charge in [0.1, 0.15) is 5.54 Å². The van der Waals surface area contributed by atoms with Crippen molar-refractivity contribution in [1.29, 1.82) is 0 Å². The molecule has 206 valence electrons. The van der Waals surface area contributed by atoms with Gasteiger partial charge in [-0.25, -0.2) is 9.97 Å². The molecule has 3 heterocycles. The van der Waals surface area contributed by atoms with Gasteiger partial charge in [0, 0.05) is 34.5 Å². The number of carbonyl (C=O) groups is 1. The van der Waals surface area contributed by atoms with Gasteiger partial charge in [0.2, 0.25) is 5.91 Å². The number of nitrogens with zero attached hydrogens (tertiary/aromatic N) is 7. The summed E-state index contributed by atoms with van der Waals surface area (Å²) in [6, 6.07) is 21.0. The third kappa shape index (κ3) is 4.81. The van der Waals surface area contributed by atoms with Crippen LogP contribution < -0.4 is 5.32 Å². The molecule has 0 radical (unpaired) electrons. The summed E-state index contributed by atoms with van der Waals surface area (Å²) in [5.74, 6) is 0.163. The summed E-state index contributed by atoms with van der Waals surface area (Å²) in [6.07, 6.45) is 5.59. The molecule has 6 rings (SSSR count). The van der Waals surface area contributed by atoms with E-state index in [0.717, 1.165) is 52.7 Å². The van der Waals surface area contributed by atoms with Gasteiger partial charge in [0.05, 0.1) is 29.4 Å². The van der Waals surface area contributed by atoms with Gasteiger partial charge in [0.25, 0.3) is 5.78 Å². The van der Waals surface area contributed by atoms with Gasteiger partial charge in [-0.15, -0.1) is 0 Å². The van der Waals surface area contributed by atoms with Gasteiger partial charge in [-0.05, 0) is 64.4 Å². The third-order valence-electron chi connectivity index (χ3n) is 7.17. The highest BCUT2D eigenvalue weighted by atomic mass is 35.5. The van der Waals surface area contributed by atoms with Crippen molar-refractivity contribution in [3.8, 4) is 11.3 Å². The molecule has 0 saturated carbocycles. The Balaban J connectivity index is 1.70. The summed E-state index contributed by atoms with van der Waals surface area (Å²) in [6.45, 7) is 4.40. The number of hydrogen-bond acceptors (Lipinski definition) is 6. The van der Waals surface area contributed by atoms with Crippen LogP contribution in [0.25, 0.3) is 27.9 Å². The predicted molar refractivity (Wildman–Crippen MR) is 159 cm³/mol. The highest BCUT2D eigenvalue weighted by molar-refractivity contribution is 6.31. The zero-order valence-corrected chi connectivity index (χ0v) is 23.9. The molecule has 1 N–H and O–H groups in total. The highest BCUT2D eigenvalue weighted by Gasteiger charge is 2.40. The Morgan fingerprint density at radius 1 is 1.00 bits per heavy atom. The van der Waals surface area contributed by atoms with Crippen molar-refractivity contribution in [1.82, 2.24) is 39.9 Å². The van der Waals surface area contributed by atoms with E-state index in [4.69, 9.17) is 28.2 Å². The molecule has 0 bridgehead atoms. The number of amides is 1. The van der Waals surface area contributed by atoms with Crippen LogP contribution in [0, 0.1) is 0 Å². The maximum absolute atomic E-state index is 13.0. The number of fused-ring (bicyclic) bond motifs is 3. The SMILES string of the molecule is CCCCn1cncc1C(NC(C)=O)(c1ccc(Cl)cc1)c1ccc2c(c1)c(-c1cccc(Cl)c1)nc1nnnn12. The summed E-state index contributed by atoms with van der Waals surface area (Å²) >= 11 is 12.7. The molecule has 1 unspecified atom stereocenters. The lowest BCUT2D eigenvalue weighted by Gasteiger charge is -2.36. The Bertz CT molecular complexity index is 1880. The lowest BCUT2D eigenvalue weighted by atomic mass is 9.79. The fraction of sp³-hybridized carbons (Fsp3) is 0.200. The first-order valence-corrected chi connectivity index (χ1v) is 14.0. The number of unbranched alkanes of at least 4 members (excludes halogenated alkanes) is 1. The molecular weight excluding hydrogens is 559 g/mol. The van der Waals surface area contributed by atoms with E-state index in [1.807, 2.05) is 79.3 Å². The van der Waals surface area contributed by atoms with Crippen LogP contribution in [0.1, 0.15) is 43.5 Å². The Labute approximate surface area is 246 Å². The van der Waals surface area contributed by atoms with E-state index in [1.165, 1.54) is 6.92 Å². The van der Waals surface area contributed by atoms with Crippen LogP contribution >= 0.6 is 23.2 Å². The fourth-order valence-corrected chi connectivity index (χ4v) is 5.66. The second-order valence-electron chi connectivity index (χ2n) is 9.86. The molecule has 0 aliphatic carbocycles. The van der Waals surface area contributed by atoms with Crippen molar-refractivity contribution in [3.05, 3.63) is 106 Å². The van der Waals surface area contributed by atoms with Gasteiger partial charge >= 0.3 is 0 Å². The van der Waals surface area contributed by atoms with Crippen LogP contribution in [0.3, 0.4) is 0 Å². The van der Waals surface area contributed by atoms with Crippen molar-refractivity contribution < 1.29 is 4.79 Å². The van der Waals surface area contributed by atoms with Gasteiger partial charge in [-0.2, -0.15) is 4.52 Å². The average Bonchev–Trinajstić information content (AvgIpc) is 3.64. The van der Waals surface area contributed by atoms with Gasteiger partial charge in [0.15, 0.2) is 0 Å². The Kier molecular flexibility index (Phi) is 7.15. The molecule has 1 atom stereocenters. The minimum Gasteiger partial charge on any atom is -0.337 e. The Morgan fingerprint density at radius 2 is 1.80 bits per heavy atom. The lowest BCUT2D eigenvalue weighted by Crippen LogP contribution is -2.48. The monoisotopic (exact) mass is 584 g/mol. The first-order chi connectivity index (χ1) is 19.9. The van der Waals surface area contributed by atoms with Crippen LogP contribution in [-0.2, 0) is 16.9 Å². The number of imidazole rings is 1. The quantitative estimate of drug-likeness (QED) is 0.233. The molecule has 9 nitrogen and oxygen atoms in total. The molecule has 11 heteroatoms. The number of halogens is 2. The van der Waals surface area contributed by atoms with E-state index in [0.29, 0.717) is 21.5 Å². The lowest BCUT2D eigenvalue weighted by molar-refractivity contribution is -0.120. The topological polar surface area (TPSA) is 103 Å². The summed E-state index contributed by atoms with van der Waals surface area (Å²) in [5, 5.41) is 17.4. The highest BCUT2D eigenvalue weighted by Crippen LogP contribution is 2.40. The second kappa shape index (κ2) is 10.9.